The highest BCUT2D eigenvalue weighted by Crippen LogP contribution is 2.26. The molecule has 0 amide bonds. The minimum atomic E-state index is 0.754. The second-order valence-corrected chi connectivity index (χ2v) is 6.58. The van der Waals surface area contributed by atoms with Gasteiger partial charge >= 0.3 is 0 Å². The summed E-state index contributed by atoms with van der Waals surface area (Å²) in [5.41, 5.74) is 2.32. The van der Waals surface area contributed by atoms with E-state index in [1.54, 1.807) is 0 Å². The van der Waals surface area contributed by atoms with Gasteiger partial charge in [0.25, 0.3) is 0 Å². The van der Waals surface area contributed by atoms with Crippen molar-refractivity contribution < 1.29 is 9.15 Å². The minimum absolute atomic E-state index is 0.754. The maximum atomic E-state index is 5.92. The van der Waals surface area contributed by atoms with E-state index >= 15 is 0 Å². The van der Waals surface area contributed by atoms with Crippen molar-refractivity contribution in [2.24, 2.45) is 0 Å². The molecule has 23 heavy (non-hydrogen) atoms. The second kappa shape index (κ2) is 9.91. The van der Waals surface area contributed by atoms with E-state index in [4.69, 9.17) is 9.15 Å². The summed E-state index contributed by atoms with van der Waals surface area (Å²) < 4.78 is 12.6. The van der Waals surface area contributed by atoms with Crippen LogP contribution in [0.4, 0.5) is 0 Å². The second-order valence-electron chi connectivity index (χ2n) is 5.73. The van der Waals surface area contributed by atoms with Crippen molar-refractivity contribution in [1.29, 1.82) is 0 Å². The Morgan fingerprint density at radius 1 is 1.13 bits per heavy atom. The third-order valence-electron chi connectivity index (χ3n) is 3.69. The summed E-state index contributed by atoms with van der Waals surface area (Å²) in [6.07, 6.45) is 3.37. The first-order valence-corrected chi connectivity index (χ1v) is 9.13. The molecule has 0 atom stereocenters. The van der Waals surface area contributed by atoms with Crippen LogP contribution < -0.4 is 5.32 Å². The molecule has 0 fully saturated rings. The fourth-order valence-corrected chi connectivity index (χ4v) is 2.53. The Morgan fingerprint density at radius 3 is 2.74 bits per heavy atom. The van der Waals surface area contributed by atoms with E-state index in [2.05, 4.69) is 53.3 Å². The van der Waals surface area contributed by atoms with Gasteiger partial charge in [-0.1, -0.05) is 35.3 Å². The molecule has 2 rings (SSSR count). The van der Waals surface area contributed by atoms with Crippen molar-refractivity contribution in [1.82, 2.24) is 5.32 Å². The molecule has 0 saturated carbocycles. The smallest absolute Gasteiger partial charge is 0.134 e. The summed E-state index contributed by atoms with van der Waals surface area (Å²) in [6, 6.07) is 10.3. The quantitative estimate of drug-likeness (QED) is 0.567. The van der Waals surface area contributed by atoms with E-state index in [1.165, 1.54) is 12.0 Å². The van der Waals surface area contributed by atoms with Gasteiger partial charge in [-0.3, -0.25) is 0 Å². The summed E-state index contributed by atoms with van der Waals surface area (Å²) in [5, 5.41) is 3.40. The van der Waals surface area contributed by atoms with E-state index in [0.29, 0.717) is 0 Å². The predicted molar refractivity (Wildman–Crippen MR) is 98.6 cm³/mol. The highest BCUT2D eigenvalue weighted by Gasteiger charge is 2.06. The monoisotopic (exact) mass is 379 g/mol. The number of rotatable bonds is 10. The lowest BCUT2D eigenvalue weighted by Gasteiger charge is -2.05. The zero-order valence-electron chi connectivity index (χ0n) is 14.0. The number of furan rings is 1. The molecule has 1 N–H and O–H groups in total. The van der Waals surface area contributed by atoms with Gasteiger partial charge in [0.05, 0.1) is 6.54 Å². The molecule has 3 nitrogen and oxygen atoms in total. The van der Waals surface area contributed by atoms with Crippen molar-refractivity contribution in [3.8, 4) is 11.3 Å². The number of hydrogen-bond acceptors (Lipinski definition) is 3. The van der Waals surface area contributed by atoms with Crippen LogP contribution in [0.3, 0.4) is 0 Å². The number of ether oxygens (including phenoxy) is 1. The standard InChI is InChI=1S/C19H26BrNO2/c1-3-4-11-22-12-5-10-21-14-17-7-9-19(23-17)16-6-8-18(20)15(2)13-16/h6-9,13,21H,3-5,10-12,14H2,1-2H3. The molecule has 0 unspecified atom stereocenters. The van der Waals surface area contributed by atoms with Crippen LogP contribution in [0.25, 0.3) is 11.3 Å². The van der Waals surface area contributed by atoms with Crippen molar-refractivity contribution in [3.63, 3.8) is 0 Å². The predicted octanol–water partition coefficient (Wildman–Crippen LogP) is 5.31. The summed E-state index contributed by atoms with van der Waals surface area (Å²) >= 11 is 3.52. The van der Waals surface area contributed by atoms with Gasteiger partial charge < -0.3 is 14.5 Å². The fraction of sp³-hybridized carbons (Fsp3) is 0.474. The molecule has 2 aromatic rings. The first-order valence-electron chi connectivity index (χ1n) is 8.34. The average molecular weight is 380 g/mol. The Balaban J connectivity index is 1.71. The Labute approximate surface area is 147 Å². The van der Waals surface area contributed by atoms with E-state index in [-0.39, 0.29) is 0 Å². The lowest BCUT2D eigenvalue weighted by atomic mass is 10.1. The molecular formula is C19H26BrNO2. The van der Waals surface area contributed by atoms with Gasteiger partial charge in [0.2, 0.25) is 0 Å². The first-order chi connectivity index (χ1) is 11.2. The SMILES string of the molecule is CCCCOCCCNCc1ccc(-c2ccc(Br)c(C)c2)o1. The van der Waals surface area contributed by atoms with Gasteiger partial charge in [-0.25, -0.2) is 0 Å². The van der Waals surface area contributed by atoms with Crippen LogP contribution in [0, 0.1) is 6.92 Å². The Morgan fingerprint density at radius 2 is 1.96 bits per heavy atom. The topological polar surface area (TPSA) is 34.4 Å². The zero-order valence-corrected chi connectivity index (χ0v) is 15.6. The number of nitrogens with one attached hydrogen (secondary N) is 1. The summed E-state index contributed by atoms with van der Waals surface area (Å²) in [5.74, 6) is 1.88. The average Bonchev–Trinajstić information content (AvgIpc) is 3.01. The van der Waals surface area contributed by atoms with E-state index in [9.17, 15) is 0 Å². The van der Waals surface area contributed by atoms with Crippen molar-refractivity contribution in [2.45, 2.75) is 39.7 Å². The molecule has 1 heterocycles. The van der Waals surface area contributed by atoms with E-state index in [1.807, 2.05) is 12.1 Å². The highest BCUT2D eigenvalue weighted by molar-refractivity contribution is 9.10. The number of halogens is 1. The molecule has 126 valence electrons. The van der Waals surface area contributed by atoms with Crippen molar-refractivity contribution >= 4 is 15.9 Å². The number of unbranched alkanes of at least 4 members (excludes halogenated alkanes) is 1. The molecular weight excluding hydrogens is 354 g/mol. The normalized spacial score (nSPS) is 11.1. The lowest BCUT2D eigenvalue weighted by Crippen LogP contribution is -2.16. The summed E-state index contributed by atoms with van der Waals surface area (Å²) in [6.45, 7) is 7.67. The van der Waals surface area contributed by atoms with Gasteiger partial charge in [0, 0.05) is 23.2 Å². The zero-order chi connectivity index (χ0) is 16.5. The van der Waals surface area contributed by atoms with Crippen LogP contribution in [0.15, 0.2) is 39.2 Å². The van der Waals surface area contributed by atoms with Crippen LogP contribution >= 0.6 is 15.9 Å². The molecule has 0 saturated heterocycles. The number of benzene rings is 1. The van der Waals surface area contributed by atoms with Gasteiger partial charge in [0.1, 0.15) is 11.5 Å². The summed E-state index contributed by atoms with van der Waals surface area (Å²) in [7, 11) is 0. The van der Waals surface area contributed by atoms with Crippen LogP contribution in [0.1, 0.15) is 37.5 Å². The third-order valence-corrected chi connectivity index (χ3v) is 4.58. The molecule has 4 heteroatoms. The highest BCUT2D eigenvalue weighted by atomic mass is 79.9. The van der Waals surface area contributed by atoms with Crippen LogP contribution in [0.2, 0.25) is 0 Å². The largest absolute Gasteiger partial charge is 0.460 e. The lowest BCUT2D eigenvalue weighted by molar-refractivity contribution is 0.128. The summed E-state index contributed by atoms with van der Waals surface area (Å²) in [4.78, 5) is 0. The van der Waals surface area contributed by atoms with E-state index in [0.717, 1.165) is 60.7 Å². The van der Waals surface area contributed by atoms with Gasteiger partial charge in [0.15, 0.2) is 0 Å². The molecule has 0 aliphatic rings. The number of aryl methyl sites for hydroxylation is 1. The van der Waals surface area contributed by atoms with E-state index < -0.39 is 0 Å². The molecule has 0 spiro atoms. The van der Waals surface area contributed by atoms with Gasteiger partial charge in [-0.05, 0) is 56.1 Å². The number of hydrogen-bond donors (Lipinski definition) is 1. The van der Waals surface area contributed by atoms with Crippen molar-refractivity contribution in [2.75, 3.05) is 19.8 Å². The van der Waals surface area contributed by atoms with Crippen LogP contribution in [-0.2, 0) is 11.3 Å². The Bertz CT molecular complexity index is 595. The Kier molecular flexibility index (Phi) is 7.86. The van der Waals surface area contributed by atoms with Crippen molar-refractivity contribution in [3.05, 3.63) is 46.1 Å². The van der Waals surface area contributed by atoms with Crippen LogP contribution in [-0.4, -0.2) is 19.8 Å². The Hall–Kier alpha value is -1.10. The molecule has 1 aromatic heterocycles. The van der Waals surface area contributed by atoms with Gasteiger partial charge in [-0.15, -0.1) is 0 Å². The minimum Gasteiger partial charge on any atom is -0.460 e. The molecule has 1 aromatic carbocycles. The maximum absolute atomic E-state index is 5.92. The molecule has 0 aliphatic carbocycles. The molecule has 0 radical (unpaired) electrons. The maximum Gasteiger partial charge on any atom is 0.134 e. The first kappa shape index (κ1) is 18.2. The third kappa shape index (κ3) is 6.13. The fourth-order valence-electron chi connectivity index (χ4n) is 2.29. The molecule has 0 aliphatic heterocycles. The van der Waals surface area contributed by atoms with Gasteiger partial charge in [-0.2, -0.15) is 0 Å². The van der Waals surface area contributed by atoms with Crippen LogP contribution in [0.5, 0.6) is 0 Å². The molecule has 0 bridgehead atoms.